The van der Waals surface area contributed by atoms with E-state index in [2.05, 4.69) is 27.8 Å². The van der Waals surface area contributed by atoms with E-state index in [0.717, 1.165) is 30.5 Å². The number of carboxylic acids is 1. The molecule has 0 bridgehead atoms. The highest BCUT2D eigenvalue weighted by Crippen LogP contribution is 2.31. The van der Waals surface area contributed by atoms with Gasteiger partial charge in [-0.3, -0.25) is 9.59 Å². The highest BCUT2D eigenvalue weighted by molar-refractivity contribution is 5.94. The van der Waals surface area contributed by atoms with Gasteiger partial charge in [0.05, 0.1) is 12.5 Å². The first-order valence-corrected chi connectivity index (χ1v) is 11.0. The van der Waals surface area contributed by atoms with Gasteiger partial charge >= 0.3 is 18.0 Å². The Labute approximate surface area is 199 Å². The van der Waals surface area contributed by atoms with Gasteiger partial charge in [0.25, 0.3) is 5.91 Å². The smallest absolute Gasteiger partial charge is 0.470 e. The Morgan fingerprint density at radius 1 is 1.06 bits per heavy atom. The number of hydrogen-bond donors (Lipinski definition) is 3. The lowest BCUT2D eigenvalue weighted by molar-refractivity contribution is -0.157. The molecule has 1 aromatic heterocycles. The van der Waals surface area contributed by atoms with Crippen molar-refractivity contribution in [3.63, 3.8) is 0 Å². The van der Waals surface area contributed by atoms with Crippen molar-refractivity contribution in [1.82, 2.24) is 15.5 Å². The van der Waals surface area contributed by atoms with Crippen LogP contribution in [0.1, 0.15) is 60.5 Å². The van der Waals surface area contributed by atoms with Crippen LogP contribution in [-0.4, -0.2) is 33.7 Å². The monoisotopic (exact) mass is 490 g/mol. The Kier molecular flexibility index (Phi) is 8.45. The first-order valence-electron chi connectivity index (χ1n) is 11.0. The number of benzene rings is 2. The summed E-state index contributed by atoms with van der Waals surface area (Å²) in [6, 6.07) is 13.6. The van der Waals surface area contributed by atoms with Crippen molar-refractivity contribution in [2.75, 3.05) is 11.9 Å². The first-order chi connectivity index (χ1) is 16.7. The fourth-order valence-electron chi connectivity index (χ4n) is 3.35. The van der Waals surface area contributed by atoms with Crippen molar-refractivity contribution in [1.29, 1.82) is 0 Å². The summed E-state index contributed by atoms with van der Waals surface area (Å²) in [5, 5.41) is 21.2. The van der Waals surface area contributed by atoms with Gasteiger partial charge in [-0.05, 0) is 48.4 Å². The van der Waals surface area contributed by atoms with Gasteiger partial charge in [0.15, 0.2) is 0 Å². The third-order valence-corrected chi connectivity index (χ3v) is 5.19. The van der Waals surface area contributed by atoms with Gasteiger partial charge in [-0.15, -0.1) is 10.2 Å². The summed E-state index contributed by atoms with van der Waals surface area (Å²) in [5.41, 5.74) is 2.50. The van der Waals surface area contributed by atoms with E-state index >= 15 is 0 Å². The van der Waals surface area contributed by atoms with Gasteiger partial charge in [-0.2, -0.15) is 13.2 Å². The maximum Gasteiger partial charge on any atom is 0.470 e. The number of amides is 1. The van der Waals surface area contributed by atoms with Crippen LogP contribution in [0.5, 0.6) is 0 Å². The molecule has 1 atom stereocenters. The molecule has 1 heterocycles. The minimum Gasteiger partial charge on any atom is -0.481 e. The standard InChI is InChI=1S/C24H25F3N4O4/c1-2-3-4-19(29-18-11-9-16(10-12-18)21(34)28-14-13-20(32)33)15-5-7-17(8-6-15)22-30-31-23(35-22)24(25,26)27/h5-12,19,29H,2-4,13-14H2,1H3,(H,28,34)(H,32,33). The van der Waals surface area contributed by atoms with Crippen molar-refractivity contribution in [2.45, 2.75) is 44.8 Å². The minimum absolute atomic E-state index is 0.0460. The first kappa shape index (κ1) is 25.7. The van der Waals surface area contributed by atoms with E-state index in [9.17, 15) is 22.8 Å². The van der Waals surface area contributed by atoms with Crippen molar-refractivity contribution in [2.24, 2.45) is 0 Å². The van der Waals surface area contributed by atoms with Crippen LogP contribution in [0.2, 0.25) is 0 Å². The maximum atomic E-state index is 12.7. The predicted molar refractivity (Wildman–Crippen MR) is 122 cm³/mol. The molecule has 0 saturated heterocycles. The third kappa shape index (κ3) is 7.29. The molecule has 1 unspecified atom stereocenters. The van der Waals surface area contributed by atoms with Crippen LogP contribution >= 0.6 is 0 Å². The second-order valence-electron chi connectivity index (χ2n) is 7.85. The van der Waals surface area contributed by atoms with Gasteiger partial charge in [0.1, 0.15) is 0 Å². The summed E-state index contributed by atoms with van der Waals surface area (Å²) in [6.07, 6.45) is -2.11. The Hall–Kier alpha value is -3.89. The summed E-state index contributed by atoms with van der Waals surface area (Å²) >= 11 is 0. The fourth-order valence-corrected chi connectivity index (χ4v) is 3.35. The molecule has 2 aromatic carbocycles. The number of nitrogens with zero attached hydrogens (tertiary/aromatic N) is 2. The molecule has 0 aliphatic rings. The lowest BCUT2D eigenvalue weighted by Gasteiger charge is -2.21. The van der Waals surface area contributed by atoms with Crippen LogP contribution in [0.15, 0.2) is 52.9 Å². The van der Waals surface area contributed by atoms with Gasteiger partial charge in [-0.1, -0.05) is 31.9 Å². The number of aromatic nitrogens is 2. The summed E-state index contributed by atoms with van der Waals surface area (Å²) < 4.78 is 42.9. The van der Waals surface area contributed by atoms with Gasteiger partial charge in [-0.25, -0.2) is 0 Å². The molecule has 0 aliphatic carbocycles. The number of nitrogens with one attached hydrogen (secondary N) is 2. The van der Waals surface area contributed by atoms with Gasteiger partial charge in [0, 0.05) is 23.4 Å². The van der Waals surface area contributed by atoms with E-state index < -0.39 is 18.0 Å². The number of carboxylic acid groups (broad SMARTS) is 1. The molecule has 8 nitrogen and oxygen atoms in total. The number of anilines is 1. The molecule has 3 rings (SSSR count). The van der Waals surface area contributed by atoms with E-state index in [1.807, 2.05) is 0 Å². The number of carbonyl (C=O) groups excluding carboxylic acids is 1. The van der Waals surface area contributed by atoms with Crippen LogP contribution in [-0.2, 0) is 11.0 Å². The summed E-state index contributed by atoms with van der Waals surface area (Å²) in [5.74, 6) is -2.94. The van der Waals surface area contributed by atoms with Crippen LogP contribution in [0.4, 0.5) is 18.9 Å². The Balaban J connectivity index is 1.69. The zero-order chi connectivity index (χ0) is 25.4. The molecule has 0 spiro atoms. The zero-order valence-electron chi connectivity index (χ0n) is 18.9. The molecule has 186 valence electrons. The lowest BCUT2D eigenvalue weighted by Crippen LogP contribution is -2.25. The Bertz CT molecular complexity index is 1130. The number of unbranched alkanes of at least 4 members (excludes halogenated alkanes) is 1. The predicted octanol–water partition coefficient (Wildman–Crippen LogP) is 5.30. The topological polar surface area (TPSA) is 117 Å². The quantitative estimate of drug-likeness (QED) is 0.334. The van der Waals surface area contributed by atoms with E-state index in [0.29, 0.717) is 11.1 Å². The number of rotatable bonds is 11. The number of carbonyl (C=O) groups is 2. The molecule has 0 aliphatic heterocycles. The molecule has 0 fully saturated rings. The third-order valence-electron chi connectivity index (χ3n) is 5.19. The summed E-state index contributed by atoms with van der Waals surface area (Å²) in [6.45, 7) is 2.12. The lowest BCUT2D eigenvalue weighted by atomic mass is 9.99. The largest absolute Gasteiger partial charge is 0.481 e. The van der Waals surface area contributed by atoms with Crippen LogP contribution in [0.25, 0.3) is 11.5 Å². The normalized spacial score (nSPS) is 12.2. The average Bonchev–Trinajstić information content (AvgIpc) is 3.33. The van der Waals surface area contributed by atoms with E-state index in [4.69, 9.17) is 9.52 Å². The molecule has 0 radical (unpaired) electrons. The Morgan fingerprint density at radius 2 is 1.74 bits per heavy atom. The van der Waals surface area contributed by atoms with E-state index in [1.165, 1.54) is 0 Å². The van der Waals surface area contributed by atoms with Crippen molar-refractivity contribution >= 4 is 17.6 Å². The van der Waals surface area contributed by atoms with Crippen molar-refractivity contribution in [3.05, 3.63) is 65.5 Å². The van der Waals surface area contributed by atoms with E-state index in [1.54, 1.807) is 48.5 Å². The van der Waals surface area contributed by atoms with Gasteiger partial charge < -0.3 is 20.2 Å². The molecule has 3 aromatic rings. The number of hydrogen-bond acceptors (Lipinski definition) is 6. The average molecular weight is 490 g/mol. The molecule has 1 amide bonds. The van der Waals surface area contributed by atoms with Gasteiger partial charge in [0.2, 0.25) is 5.89 Å². The zero-order valence-corrected chi connectivity index (χ0v) is 18.9. The summed E-state index contributed by atoms with van der Waals surface area (Å²) in [7, 11) is 0. The maximum absolute atomic E-state index is 12.7. The molecule has 3 N–H and O–H groups in total. The second-order valence-corrected chi connectivity index (χ2v) is 7.85. The molecular formula is C24H25F3N4O4. The number of halogens is 3. The molecule has 35 heavy (non-hydrogen) atoms. The van der Waals surface area contributed by atoms with Crippen LogP contribution < -0.4 is 10.6 Å². The van der Waals surface area contributed by atoms with Crippen LogP contribution in [0.3, 0.4) is 0 Å². The number of aliphatic carboxylic acids is 1. The summed E-state index contributed by atoms with van der Waals surface area (Å²) in [4.78, 5) is 22.7. The van der Waals surface area contributed by atoms with Crippen molar-refractivity contribution < 1.29 is 32.3 Å². The fraction of sp³-hybridized carbons (Fsp3) is 0.333. The minimum atomic E-state index is -4.70. The molecule has 0 saturated carbocycles. The SMILES string of the molecule is CCCCC(Nc1ccc(C(=O)NCCC(=O)O)cc1)c1ccc(-c2nnc(C(F)(F)F)o2)cc1. The van der Waals surface area contributed by atoms with Crippen LogP contribution in [0, 0.1) is 0 Å². The Morgan fingerprint density at radius 3 is 2.31 bits per heavy atom. The molecular weight excluding hydrogens is 465 g/mol. The number of alkyl halides is 3. The van der Waals surface area contributed by atoms with Crippen molar-refractivity contribution in [3.8, 4) is 11.5 Å². The second kappa shape index (κ2) is 11.5. The van der Waals surface area contributed by atoms with E-state index in [-0.39, 0.29) is 30.8 Å². The molecule has 11 heteroatoms. The highest BCUT2D eigenvalue weighted by atomic mass is 19.4. The highest BCUT2D eigenvalue weighted by Gasteiger charge is 2.38.